The number of carboxylic acids is 1. The summed E-state index contributed by atoms with van der Waals surface area (Å²) < 4.78 is 5.08. The second kappa shape index (κ2) is 6.26. The van der Waals surface area contributed by atoms with E-state index in [-0.39, 0.29) is 5.76 Å². The highest BCUT2D eigenvalue weighted by molar-refractivity contribution is 5.86. The molecule has 0 bridgehead atoms. The molecule has 3 N–H and O–H groups in total. The number of hydrogen-bond donors (Lipinski definition) is 3. The van der Waals surface area contributed by atoms with Gasteiger partial charge in [-0.3, -0.25) is 0 Å². The highest BCUT2D eigenvalue weighted by atomic mass is 16.4. The summed E-state index contributed by atoms with van der Waals surface area (Å²) in [6, 6.07) is 2.57. The SMILES string of the molecule is CC(C)CCNC(=O)NC(C)(C(=O)O)c1ccco1. The number of carbonyl (C=O) groups is 2. The zero-order chi connectivity index (χ0) is 14.5. The number of urea groups is 1. The summed E-state index contributed by atoms with van der Waals surface area (Å²) in [4.78, 5) is 23.0. The lowest BCUT2D eigenvalue weighted by molar-refractivity contribution is -0.144. The third-order valence-corrected chi connectivity index (χ3v) is 2.81. The fourth-order valence-corrected chi connectivity index (χ4v) is 1.53. The number of aliphatic carboxylic acids is 1. The van der Waals surface area contributed by atoms with E-state index in [2.05, 4.69) is 10.6 Å². The smallest absolute Gasteiger partial charge is 0.337 e. The van der Waals surface area contributed by atoms with Crippen LogP contribution >= 0.6 is 0 Å². The van der Waals surface area contributed by atoms with Gasteiger partial charge in [0.05, 0.1) is 6.26 Å². The van der Waals surface area contributed by atoms with E-state index < -0.39 is 17.5 Å². The van der Waals surface area contributed by atoms with Crippen LogP contribution in [0.2, 0.25) is 0 Å². The van der Waals surface area contributed by atoms with Crippen molar-refractivity contribution in [3.63, 3.8) is 0 Å². The molecule has 1 aromatic heterocycles. The van der Waals surface area contributed by atoms with Crippen LogP contribution < -0.4 is 10.6 Å². The predicted octanol–water partition coefficient (Wildman–Crippen LogP) is 1.92. The Hall–Kier alpha value is -1.98. The van der Waals surface area contributed by atoms with E-state index in [1.807, 2.05) is 13.8 Å². The van der Waals surface area contributed by atoms with Crippen LogP contribution in [-0.2, 0) is 10.3 Å². The molecular weight excluding hydrogens is 248 g/mol. The van der Waals surface area contributed by atoms with Gasteiger partial charge in [0.15, 0.2) is 5.54 Å². The van der Waals surface area contributed by atoms with Gasteiger partial charge in [0, 0.05) is 6.54 Å². The summed E-state index contributed by atoms with van der Waals surface area (Å²) in [5, 5.41) is 14.3. The minimum Gasteiger partial charge on any atom is -0.479 e. The number of carbonyl (C=O) groups excluding carboxylic acids is 1. The Balaban J connectivity index is 2.65. The Bertz CT molecular complexity index is 428. The van der Waals surface area contributed by atoms with Crippen LogP contribution in [-0.4, -0.2) is 23.7 Å². The van der Waals surface area contributed by atoms with Crippen molar-refractivity contribution in [1.82, 2.24) is 10.6 Å². The van der Waals surface area contributed by atoms with Gasteiger partial charge in [-0.1, -0.05) is 13.8 Å². The van der Waals surface area contributed by atoms with Gasteiger partial charge in [-0.15, -0.1) is 0 Å². The maximum atomic E-state index is 11.7. The second-order valence-electron chi connectivity index (χ2n) is 4.97. The molecule has 1 aromatic rings. The van der Waals surface area contributed by atoms with Gasteiger partial charge in [0.25, 0.3) is 0 Å². The fraction of sp³-hybridized carbons (Fsp3) is 0.538. The van der Waals surface area contributed by atoms with Gasteiger partial charge in [0.1, 0.15) is 5.76 Å². The van der Waals surface area contributed by atoms with Crippen LogP contribution in [0.25, 0.3) is 0 Å². The van der Waals surface area contributed by atoms with Crippen LogP contribution in [0.1, 0.15) is 33.0 Å². The van der Waals surface area contributed by atoms with Crippen LogP contribution in [0.5, 0.6) is 0 Å². The van der Waals surface area contributed by atoms with Crippen molar-refractivity contribution < 1.29 is 19.1 Å². The number of nitrogens with one attached hydrogen (secondary N) is 2. The fourth-order valence-electron chi connectivity index (χ4n) is 1.53. The van der Waals surface area contributed by atoms with E-state index in [1.165, 1.54) is 19.3 Å². The maximum Gasteiger partial charge on any atom is 0.337 e. The number of carboxylic acid groups (broad SMARTS) is 1. The van der Waals surface area contributed by atoms with Crippen molar-refractivity contribution in [2.24, 2.45) is 5.92 Å². The van der Waals surface area contributed by atoms with Crippen LogP contribution in [0, 0.1) is 5.92 Å². The third kappa shape index (κ3) is 4.01. The zero-order valence-electron chi connectivity index (χ0n) is 11.4. The predicted molar refractivity (Wildman–Crippen MR) is 69.7 cm³/mol. The monoisotopic (exact) mass is 268 g/mol. The number of rotatable bonds is 6. The van der Waals surface area contributed by atoms with Crippen molar-refractivity contribution in [3.8, 4) is 0 Å². The molecule has 1 atom stereocenters. The first kappa shape index (κ1) is 15.1. The van der Waals surface area contributed by atoms with Gasteiger partial charge in [-0.2, -0.15) is 0 Å². The molecule has 1 rings (SSSR count). The minimum absolute atomic E-state index is 0.180. The summed E-state index contributed by atoms with van der Waals surface area (Å²) >= 11 is 0. The molecule has 0 saturated carbocycles. The van der Waals surface area contributed by atoms with Crippen molar-refractivity contribution in [1.29, 1.82) is 0 Å². The van der Waals surface area contributed by atoms with Crippen molar-refractivity contribution in [2.45, 2.75) is 32.7 Å². The molecule has 6 nitrogen and oxygen atoms in total. The first-order valence-corrected chi connectivity index (χ1v) is 6.19. The Morgan fingerprint density at radius 3 is 2.63 bits per heavy atom. The molecule has 1 unspecified atom stereocenters. The molecule has 0 aliphatic carbocycles. The number of amides is 2. The number of hydrogen-bond acceptors (Lipinski definition) is 3. The molecule has 106 valence electrons. The standard InChI is InChI=1S/C13H20N2O4/c1-9(2)6-7-14-12(18)15-13(3,11(16)17)10-5-4-8-19-10/h4-5,8-9H,6-7H2,1-3H3,(H,16,17)(H2,14,15,18). The molecule has 0 fully saturated rings. The third-order valence-electron chi connectivity index (χ3n) is 2.81. The Kier molecular flexibility index (Phi) is 4.97. The van der Waals surface area contributed by atoms with Gasteiger partial charge in [0.2, 0.25) is 0 Å². The van der Waals surface area contributed by atoms with E-state index in [1.54, 1.807) is 6.07 Å². The molecule has 0 spiro atoms. The molecule has 1 heterocycles. The first-order valence-electron chi connectivity index (χ1n) is 6.19. The zero-order valence-corrected chi connectivity index (χ0v) is 11.4. The molecule has 0 aromatic carbocycles. The van der Waals surface area contributed by atoms with E-state index in [0.29, 0.717) is 12.5 Å². The van der Waals surface area contributed by atoms with E-state index >= 15 is 0 Å². The van der Waals surface area contributed by atoms with Gasteiger partial charge < -0.3 is 20.2 Å². The quantitative estimate of drug-likeness (QED) is 0.735. The van der Waals surface area contributed by atoms with Crippen LogP contribution in [0.15, 0.2) is 22.8 Å². The normalized spacial score (nSPS) is 13.9. The molecule has 19 heavy (non-hydrogen) atoms. The van der Waals surface area contributed by atoms with Crippen molar-refractivity contribution in [3.05, 3.63) is 24.2 Å². The molecule has 0 saturated heterocycles. The Morgan fingerprint density at radius 2 is 2.16 bits per heavy atom. The minimum atomic E-state index is -1.58. The summed E-state index contributed by atoms with van der Waals surface area (Å²) in [6.07, 6.45) is 2.20. The Labute approximate surface area is 112 Å². The lowest BCUT2D eigenvalue weighted by Crippen LogP contribution is -2.52. The topological polar surface area (TPSA) is 91.6 Å². The molecule has 2 amide bonds. The van der Waals surface area contributed by atoms with Gasteiger partial charge in [-0.25, -0.2) is 9.59 Å². The number of furan rings is 1. The average Bonchev–Trinajstić information content (AvgIpc) is 2.81. The van der Waals surface area contributed by atoms with Gasteiger partial charge in [-0.05, 0) is 31.4 Å². The average molecular weight is 268 g/mol. The van der Waals surface area contributed by atoms with E-state index in [0.717, 1.165) is 6.42 Å². The van der Waals surface area contributed by atoms with E-state index in [4.69, 9.17) is 4.42 Å². The molecule has 6 heteroatoms. The highest BCUT2D eigenvalue weighted by Gasteiger charge is 2.39. The summed E-state index contributed by atoms with van der Waals surface area (Å²) in [5.74, 6) is -0.531. The van der Waals surface area contributed by atoms with Crippen molar-refractivity contribution in [2.75, 3.05) is 6.54 Å². The van der Waals surface area contributed by atoms with Crippen molar-refractivity contribution >= 4 is 12.0 Å². The molecular formula is C13H20N2O4. The molecule has 0 aliphatic rings. The lowest BCUT2D eigenvalue weighted by atomic mass is 9.99. The Morgan fingerprint density at radius 1 is 1.47 bits per heavy atom. The largest absolute Gasteiger partial charge is 0.479 e. The highest BCUT2D eigenvalue weighted by Crippen LogP contribution is 2.21. The van der Waals surface area contributed by atoms with Crippen LogP contribution in [0.3, 0.4) is 0 Å². The summed E-state index contributed by atoms with van der Waals surface area (Å²) in [6.45, 7) is 5.97. The summed E-state index contributed by atoms with van der Waals surface area (Å²) in [5.41, 5.74) is -1.58. The van der Waals surface area contributed by atoms with Crippen LogP contribution in [0.4, 0.5) is 4.79 Å². The summed E-state index contributed by atoms with van der Waals surface area (Å²) in [7, 11) is 0. The lowest BCUT2D eigenvalue weighted by Gasteiger charge is -2.24. The van der Waals surface area contributed by atoms with Gasteiger partial charge >= 0.3 is 12.0 Å². The second-order valence-corrected chi connectivity index (χ2v) is 4.97. The molecule has 0 aliphatic heterocycles. The molecule has 0 radical (unpaired) electrons. The first-order chi connectivity index (χ1) is 8.86. The van der Waals surface area contributed by atoms with E-state index in [9.17, 15) is 14.7 Å². The maximum absolute atomic E-state index is 11.7.